The van der Waals surface area contributed by atoms with E-state index in [4.69, 9.17) is 15.7 Å². The normalized spacial score (nSPS) is 25.1. The Kier molecular flexibility index (Phi) is 5.52. The maximum Gasteiger partial charge on any atom is 0.220 e. The molecule has 0 radical (unpaired) electrons. The van der Waals surface area contributed by atoms with Crippen molar-refractivity contribution >= 4 is 34.7 Å². The van der Waals surface area contributed by atoms with E-state index >= 15 is 0 Å². The third-order valence-electron chi connectivity index (χ3n) is 6.23. The molecule has 2 aliphatic carbocycles. The van der Waals surface area contributed by atoms with Gasteiger partial charge in [-0.25, -0.2) is 14.6 Å². The van der Waals surface area contributed by atoms with E-state index < -0.39 is 0 Å². The molecule has 8 nitrogen and oxygen atoms in total. The number of thioether (sulfide) groups is 1. The van der Waals surface area contributed by atoms with Gasteiger partial charge in [-0.1, -0.05) is 54.2 Å². The number of carbonyl (C=O) groups is 1. The molecule has 9 heteroatoms. The standard InChI is InChI=1S/C22H27N7OS/c1-2-10-31-22-25-20(24-17-12-16(17)13-6-4-3-5-7-13)18-21(26-22)29(28-27-18)15-9-8-14(11-15)19(23)30/h3-7,14-17H,2,8-12H2,1H3,(H2,23,30)(H,24,25,26). The minimum absolute atomic E-state index is 0.0901. The minimum atomic E-state index is -0.233. The molecule has 4 unspecified atom stereocenters. The summed E-state index contributed by atoms with van der Waals surface area (Å²) in [5, 5.41) is 13.2. The van der Waals surface area contributed by atoms with E-state index in [1.165, 1.54) is 5.56 Å². The quantitative estimate of drug-likeness (QED) is 0.410. The van der Waals surface area contributed by atoms with Gasteiger partial charge in [0.25, 0.3) is 0 Å². The van der Waals surface area contributed by atoms with Crippen LogP contribution in [-0.2, 0) is 4.79 Å². The van der Waals surface area contributed by atoms with Gasteiger partial charge in [0, 0.05) is 23.6 Å². The molecule has 4 atom stereocenters. The van der Waals surface area contributed by atoms with E-state index in [1.807, 2.05) is 10.7 Å². The number of anilines is 1. The third kappa shape index (κ3) is 4.11. The Morgan fingerprint density at radius 3 is 2.81 bits per heavy atom. The molecule has 2 heterocycles. The number of hydrogen-bond donors (Lipinski definition) is 2. The highest BCUT2D eigenvalue weighted by Crippen LogP contribution is 2.43. The number of primary amides is 1. The van der Waals surface area contributed by atoms with Crippen molar-refractivity contribution in [3.05, 3.63) is 35.9 Å². The molecule has 2 fully saturated rings. The second-order valence-electron chi connectivity index (χ2n) is 8.48. The summed E-state index contributed by atoms with van der Waals surface area (Å²) in [6, 6.07) is 11.0. The van der Waals surface area contributed by atoms with Crippen molar-refractivity contribution in [1.29, 1.82) is 0 Å². The summed E-state index contributed by atoms with van der Waals surface area (Å²) in [5.41, 5.74) is 8.31. The molecule has 5 rings (SSSR count). The van der Waals surface area contributed by atoms with Crippen molar-refractivity contribution in [3.8, 4) is 0 Å². The second-order valence-corrected chi connectivity index (χ2v) is 9.54. The van der Waals surface area contributed by atoms with Crippen molar-refractivity contribution in [2.75, 3.05) is 11.1 Å². The van der Waals surface area contributed by atoms with Crippen LogP contribution in [0.25, 0.3) is 11.2 Å². The fourth-order valence-electron chi connectivity index (χ4n) is 4.45. The Balaban J connectivity index is 1.43. The number of nitrogens with two attached hydrogens (primary N) is 1. The summed E-state index contributed by atoms with van der Waals surface area (Å²) < 4.78 is 1.88. The lowest BCUT2D eigenvalue weighted by Crippen LogP contribution is -2.21. The molecule has 2 saturated carbocycles. The highest BCUT2D eigenvalue weighted by atomic mass is 32.2. The van der Waals surface area contributed by atoms with Crippen molar-refractivity contribution in [2.45, 2.75) is 62.2 Å². The van der Waals surface area contributed by atoms with Crippen LogP contribution >= 0.6 is 11.8 Å². The predicted octanol–water partition coefficient (Wildman–Crippen LogP) is 3.52. The Bertz CT molecular complexity index is 1090. The van der Waals surface area contributed by atoms with Gasteiger partial charge in [-0.3, -0.25) is 4.79 Å². The lowest BCUT2D eigenvalue weighted by Gasteiger charge is -2.12. The molecule has 1 amide bonds. The highest BCUT2D eigenvalue weighted by molar-refractivity contribution is 7.99. The maximum atomic E-state index is 11.6. The zero-order valence-electron chi connectivity index (χ0n) is 17.6. The minimum Gasteiger partial charge on any atom is -0.369 e. The lowest BCUT2D eigenvalue weighted by molar-refractivity contribution is -0.121. The Hall–Kier alpha value is -2.68. The molecule has 0 aliphatic heterocycles. The SMILES string of the molecule is CCCSc1nc(NC2CC2c2ccccc2)c2nnn(C3CCC(C(N)=O)C3)c2n1. The van der Waals surface area contributed by atoms with Crippen molar-refractivity contribution in [3.63, 3.8) is 0 Å². The van der Waals surface area contributed by atoms with Crippen LogP contribution in [0.3, 0.4) is 0 Å². The first-order chi connectivity index (χ1) is 15.1. The van der Waals surface area contributed by atoms with E-state index in [0.29, 0.717) is 23.9 Å². The first-order valence-corrected chi connectivity index (χ1v) is 12.0. The number of nitrogens with zero attached hydrogens (tertiary/aromatic N) is 5. The third-order valence-corrected chi connectivity index (χ3v) is 7.29. The number of benzene rings is 1. The van der Waals surface area contributed by atoms with Crippen LogP contribution in [0.4, 0.5) is 5.82 Å². The first kappa shape index (κ1) is 20.2. The second kappa shape index (κ2) is 8.45. The molecular weight excluding hydrogens is 410 g/mol. The fourth-order valence-corrected chi connectivity index (χ4v) is 5.15. The zero-order chi connectivity index (χ0) is 21.4. The van der Waals surface area contributed by atoms with E-state index in [2.05, 4.69) is 46.8 Å². The van der Waals surface area contributed by atoms with Crippen LogP contribution < -0.4 is 11.1 Å². The summed E-state index contributed by atoms with van der Waals surface area (Å²) in [5.74, 6) is 1.86. The summed E-state index contributed by atoms with van der Waals surface area (Å²) in [4.78, 5) is 21.2. The molecule has 31 heavy (non-hydrogen) atoms. The number of amides is 1. The molecule has 2 aliphatic rings. The van der Waals surface area contributed by atoms with Gasteiger partial charge in [-0.15, -0.1) is 5.10 Å². The molecule has 3 aromatic rings. The Labute approximate surface area is 185 Å². The number of aromatic nitrogens is 5. The van der Waals surface area contributed by atoms with E-state index in [0.717, 1.165) is 48.1 Å². The van der Waals surface area contributed by atoms with Gasteiger partial charge >= 0.3 is 0 Å². The molecule has 0 spiro atoms. The Morgan fingerprint density at radius 1 is 1.23 bits per heavy atom. The average molecular weight is 438 g/mol. The molecule has 162 valence electrons. The van der Waals surface area contributed by atoms with Gasteiger partial charge in [0.2, 0.25) is 5.91 Å². The van der Waals surface area contributed by atoms with E-state index in [1.54, 1.807) is 11.8 Å². The van der Waals surface area contributed by atoms with E-state index in [-0.39, 0.29) is 17.9 Å². The van der Waals surface area contributed by atoms with Gasteiger partial charge in [-0.2, -0.15) is 0 Å². The lowest BCUT2D eigenvalue weighted by atomic mass is 10.1. The van der Waals surface area contributed by atoms with Gasteiger partial charge in [0.05, 0.1) is 6.04 Å². The van der Waals surface area contributed by atoms with Crippen LogP contribution in [0.2, 0.25) is 0 Å². The van der Waals surface area contributed by atoms with Gasteiger partial charge < -0.3 is 11.1 Å². The van der Waals surface area contributed by atoms with Crippen LogP contribution in [0.5, 0.6) is 0 Å². The molecule has 0 bridgehead atoms. The molecule has 0 saturated heterocycles. The fraction of sp³-hybridized carbons (Fsp3) is 0.500. The Morgan fingerprint density at radius 2 is 2.06 bits per heavy atom. The van der Waals surface area contributed by atoms with E-state index in [9.17, 15) is 4.79 Å². The topological polar surface area (TPSA) is 112 Å². The van der Waals surface area contributed by atoms with Crippen LogP contribution in [0.15, 0.2) is 35.5 Å². The van der Waals surface area contributed by atoms with Crippen molar-refractivity contribution in [1.82, 2.24) is 25.0 Å². The molecular formula is C22H27N7OS. The largest absolute Gasteiger partial charge is 0.369 e. The molecule has 2 aromatic heterocycles. The smallest absolute Gasteiger partial charge is 0.220 e. The summed E-state index contributed by atoms with van der Waals surface area (Å²) in [7, 11) is 0. The predicted molar refractivity (Wildman–Crippen MR) is 121 cm³/mol. The number of hydrogen-bond acceptors (Lipinski definition) is 7. The number of rotatable bonds is 8. The van der Waals surface area contributed by atoms with Gasteiger partial charge in [0.1, 0.15) is 0 Å². The number of fused-ring (bicyclic) bond motifs is 1. The average Bonchev–Trinajstić information content (AvgIpc) is 3.17. The first-order valence-electron chi connectivity index (χ1n) is 11.0. The summed E-state index contributed by atoms with van der Waals surface area (Å²) >= 11 is 1.65. The maximum absolute atomic E-state index is 11.6. The number of nitrogens with one attached hydrogen (secondary N) is 1. The van der Waals surface area contributed by atoms with Gasteiger partial charge in [-0.05, 0) is 37.7 Å². The van der Waals surface area contributed by atoms with Crippen molar-refractivity contribution < 1.29 is 4.79 Å². The van der Waals surface area contributed by atoms with Crippen LogP contribution in [0, 0.1) is 5.92 Å². The van der Waals surface area contributed by atoms with Crippen LogP contribution in [-0.4, -0.2) is 42.7 Å². The summed E-state index contributed by atoms with van der Waals surface area (Å²) in [6.07, 6.45) is 4.46. The van der Waals surface area contributed by atoms with Crippen molar-refractivity contribution in [2.24, 2.45) is 11.7 Å². The molecule has 3 N–H and O–H groups in total. The zero-order valence-corrected chi connectivity index (χ0v) is 18.4. The van der Waals surface area contributed by atoms with Crippen LogP contribution in [0.1, 0.15) is 56.6 Å². The monoisotopic (exact) mass is 437 g/mol. The number of carbonyl (C=O) groups excluding carboxylic acids is 1. The van der Waals surface area contributed by atoms with Gasteiger partial charge in [0.15, 0.2) is 22.1 Å². The summed E-state index contributed by atoms with van der Waals surface area (Å²) in [6.45, 7) is 2.15. The molecule has 1 aromatic carbocycles. The highest BCUT2D eigenvalue weighted by Gasteiger charge is 2.39.